The van der Waals surface area contributed by atoms with Gasteiger partial charge in [0.25, 0.3) is 0 Å². The normalized spacial score (nSPS) is 26.5. The second-order valence-electron chi connectivity index (χ2n) is 29.2. The average molecular weight is 1460 g/mol. The van der Waals surface area contributed by atoms with Crippen LogP contribution in [0.5, 0.6) is 0 Å². The number of aliphatic hydroxyl groups is 11. The van der Waals surface area contributed by atoms with Crippen molar-refractivity contribution < 1.29 is 89.4 Å². The molecule has 0 aromatic heterocycles. The summed E-state index contributed by atoms with van der Waals surface area (Å²) in [5.41, 5.74) is 0. The van der Waals surface area contributed by atoms with Crippen molar-refractivity contribution in [3.63, 3.8) is 0 Å². The Morgan fingerprint density at radius 3 is 1.05 bits per heavy atom. The van der Waals surface area contributed by atoms with Crippen LogP contribution < -0.4 is 5.32 Å². The van der Waals surface area contributed by atoms with Crippen LogP contribution >= 0.6 is 0 Å². The van der Waals surface area contributed by atoms with E-state index in [0.29, 0.717) is 6.42 Å². The van der Waals surface area contributed by atoms with E-state index in [2.05, 4.69) is 92.1 Å². The molecule has 19 heteroatoms. The van der Waals surface area contributed by atoms with Gasteiger partial charge >= 0.3 is 0 Å². The van der Waals surface area contributed by atoms with Crippen LogP contribution in [-0.2, 0) is 33.2 Å². The van der Waals surface area contributed by atoms with E-state index in [9.17, 15) is 61.0 Å². The fourth-order valence-electron chi connectivity index (χ4n) is 13.6. The molecule has 598 valence electrons. The highest BCUT2D eigenvalue weighted by Crippen LogP contribution is 2.33. The Morgan fingerprint density at radius 2 is 0.670 bits per heavy atom. The summed E-state index contributed by atoms with van der Waals surface area (Å²) in [6.45, 7) is 1.64. The van der Waals surface area contributed by atoms with Gasteiger partial charge in [-0.25, -0.2) is 0 Å². The van der Waals surface area contributed by atoms with E-state index in [0.717, 1.165) is 103 Å². The van der Waals surface area contributed by atoms with Crippen molar-refractivity contribution in [3.05, 3.63) is 85.1 Å². The lowest BCUT2D eigenvalue weighted by Gasteiger charge is -2.48. The molecule has 3 aliphatic rings. The highest BCUT2D eigenvalue weighted by atomic mass is 16.8. The first kappa shape index (κ1) is 94.2. The first-order chi connectivity index (χ1) is 50.3. The first-order valence-corrected chi connectivity index (χ1v) is 41.3. The molecule has 0 bridgehead atoms. The summed E-state index contributed by atoms with van der Waals surface area (Å²) < 4.78 is 34.5. The van der Waals surface area contributed by atoms with E-state index in [4.69, 9.17) is 28.4 Å². The fourth-order valence-corrected chi connectivity index (χ4v) is 13.6. The molecule has 103 heavy (non-hydrogen) atoms. The van der Waals surface area contributed by atoms with Gasteiger partial charge in [-0.3, -0.25) is 4.79 Å². The SMILES string of the molecule is CC/C=C\C/C=C\C/C=C\C/C=C\C/C=C\C/C=C\CCCCCCCCC(=O)NC(COC1OC(CO)C(OC2OC(CO)C(OC3OC(CO)C(O)C(O)C3O)C(O)C2O)C(O)C1O)C(O)/C=C/CCCCCCCCCCCCCCCCCCCCCCCCCCCCCCCCC. The largest absolute Gasteiger partial charge is 0.394 e. The van der Waals surface area contributed by atoms with Gasteiger partial charge in [0, 0.05) is 6.42 Å². The van der Waals surface area contributed by atoms with Gasteiger partial charge in [0.15, 0.2) is 18.9 Å². The molecular weight excluding hydrogens is 1310 g/mol. The third-order valence-corrected chi connectivity index (χ3v) is 20.2. The summed E-state index contributed by atoms with van der Waals surface area (Å²) in [5, 5.41) is 121. The summed E-state index contributed by atoms with van der Waals surface area (Å²) >= 11 is 0. The number of hydrogen-bond acceptors (Lipinski definition) is 18. The van der Waals surface area contributed by atoms with Crippen molar-refractivity contribution in [2.24, 2.45) is 0 Å². The quantitative estimate of drug-likeness (QED) is 0.0199. The monoisotopic (exact) mass is 1460 g/mol. The zero-order valence-electron chi connectivity index (χ0n) is 64.0. The molecule has 17 atom stereocenters. The topological polar surface area (TPSA) is 307 Å². The molecule has 0 radical (unpaired) electrons. The Labute approximate surface area is 622 Å². The van der Waals surface area contributed by atoms with Gasteiger partial charge in [0.05, 0.1) is 38.6 Å². The van der Waals surface area contributed by atoms with Crippen molar-refractivity contribution in [2.75, 3.05) is 26.4 Å². The number of hydrogen-bond donors (Lipinski definition) is 12. The predicted molar refractivity (Wildman–Crippen MR) is 411 cm³/mol. The maximum Gasteiger partial charge on any atom is 0.220 e. The van der Waals surface area contributed by atoms with Crippen molar-refractivity contribution in [1.82, 2.24) is 5.32 Å². The minimum atomic E-state index is -1.98. The van der Waals surface area contributed by atoms with Crippen LogP contribution in [0.15, 0.2) is 85.1 Å². The lowest BCUT2D eigenvalue weighted by Crippen LogP contribution is -2.66. The van der Waals surface area contributed by atoms with Crippen LogP contribution in [0, 0.1) is 0 Å². The van der Waals surface area contributed by atoms with Crippen LogP contribution in [-0.4, -0.2) is 193 Å². The van der Waals surface area contributed by atoms with Crippen molar-refractivity contribution in [1.29, 1.82) is 0 Å². The van der Waals surface area contributed by atoms with Crippen LogP contribution in [0.2, 0.25) is 0 Å². The Hall–Kier alpha value is -3.03. The van der Waals surface area contributed by atoms with Gasteiger partial charge in [-0.05, 0) is 70.6 Å². The third kappa shape index (κ3) is 43.7. The van der Waals surface area contributed by atoms with E-state index in [1.54, 1.807) is 6.08 Å². The summed E-state index contributed by atoms with van der Waals surface area (Å²) in [4.78, 5) is 13.5. The van der Waals surface area contributed by atoms with Gasteiger partial charge in [0.1, 0.15) is 73.2 Å². The molecule has 0 aromatic carbocycles. The molecule has 3 fully saturated rings. The van der Waals surface area contributed by atoms with E-state index >= 15 is 0 Å². The lowest BCUT2D eigenvalue weighted by molar-refractivity contribution is -0.379. The zero-order valence-corrected chi connectivity index (χ0v) is 64.0. The first-order valence-electron chi connectivity index (χ1n) is 41.3. The predicted octanol–water partition coefficient (Wildman–Crippen LogP) is 14.2. The smallest absolute Gasteiger partial charge is 0.220 e. The number of amides is 1. The lowest BCUT2D eigenvalue weighted by atomic mass is 9.96. The molecule has 3 saturated heterocycles. The second kappa shape index (κ2) is 63.9. The molecule has 19 nitrogen and oxygen atoms in total. The number of nitrogens with one attached hydrogen (secondary N) is 1. The van der Waals surface area contributed by atoms with Crippen molar-refractivity contribution in [2.45, 2.75) is 413 Å². The van der Waals surface area contributed by atoms with Gasteiger partial charge in [0.2, 0.25) is 5.91 Å². The summed E-state index contributed by atoms with van der Waals surface area (Å²) in [6.07, 6.45) is 58.6. The van der Waals surface area contributed by atoms with E-state index in [1.807, 2.05) is 6.08 Å². The number of aliphatic hydroxyl groups excluding tert-OH is 11. The molecule has 0 spiro atoms. The molecule has 17 unspecified atom stereocenters. The maximum atomic E-state index is 13.5. The molecule has 12 N–H and O–H groups in total. The van der Waals surface area contributed by atoms with E-state index in [-0.39, 0.29) is 18.9 Å². The molecule has 0 aromatic rings. The van der Waals surface area contributed by atoms with Gasteiger partial charge < -0.3 is 89.9 Å². The number of carbonyl (C=O) groups is 1. The second-order valence-corrected chi connectivity index (χ2v) is 29.2. The number of allylic oxidation sites excluding steroid dienone is 13. The number of carbonyl (C=O) groups excluding carboxylic acids is 1. The van der Waals surface area contributed by atoms with Crippen molar-refractivity contribution >= 4 is 5.91 Å². The maximum absolute atomic E-state index is 13.5. The molecule has 0 saturated carbocycles. The Balaban J connectivity index is 1.37. The minimum absolute atomic E-state index is 0.222. The van der Waals surface area contributed by atoms with Gasteiger partial charge in [-0.15, -0.1) is 0 Å². The minimum Gasteiger partial charge on any atom is -0.394 e. The van der Waals surface area contributed by atoms with Crippen LogP contribution in [0.1, 0.15) is 309 Å². The zero-order chi connectivity index (χ0) is 74.6. The van der Waals surface area contributed by atoms with Gasteiger partial charge in [-0.1, -0.05) is 317 Å². The average Bonchev–Trinajstić information content (AvgIpc) is 0.781. The molecular formula is C84H149NO18. The number of ether oxygens (including phenoxy) is 6. The number of unbranched alkanes of at least 4 members (excludes halogenated alkanes) is 37. The summed E-state index contributed by atoms with van der Waals surface area (Å²) in [7, 11) is 0. The molecule has 0 aliphatic carbocycles. The summed E-state index contributed by atoms with van der Waals surface area (Å²) in [5.74, 6) is -0.290. The highest BCUT2D eigenvalue weighted by molar-refractivity contribution is 5.76. The Morgan fingerprint density at radius 1 is 0.359 bits per heavy atom. The molecule has 3 aliphatic heterocycles. The Bertz CT molecular complexity index is 2190. The standard InChI is InChI=1S/C84H149NO18/c1-3-5-7-9-11-13-15-17-19-21-23-25-27-29-30-31-32-33-34-35-36-38-39-41-43-45-47-49-51-53-55-57-59-61-68(89)67(85-72(90)62-60-58-56-54-52-50-48-46-44-42-40-37-28-26-24-22-20-18-16-14-12-10-8-6-4-2)66-98-82-78(96)75(93)80(70(64-87)100-82)103-84-79(97)76(94)81(71(65-88)101-84)102-83-77(95)74(92)73(91)69(63-86)99-83/h6,8,12,14,18,20,24,26,37,40,44,46,59,61,67-71,73-84,86-89,91-97H,3-5,7,9-11,13,15-17,19,21-23,25,27-36,38-39,41-43,45,47-58,60,62-66H2,1-2H3,(H,85,90)/b8-6-,14-12-,20-18-,26-24-,40-37-,46-44-,61-59+. The fraction of sp³-hybridized carbons (Fsp3) is 0.821. The van der Waals surface area contributed by atoms with Crippen LogP contribution in [0.3, 0.4) is 0 Å². The summed E-state index contributed by atoms with van der Waals surface area (Å²) in [6, 6.07) is -0.989. The van der Waals surface area contributed by atoms with E-state index in [1.165, 1.54) is 180 Å². The van der Waals surface area contributed by atoms with Crippen LogP contribution in [0.25, 0.3) is 0 Å². The molecule has 3 rings (SSSR count). The molecule has 3 heterocycles. The van der Waals surface area contributed by atoms with Gasteiger partial charge in [-0.2, -0.15) is 0 Å². The van der Waals surface area contributed by atoms with E-state index < -0.39 is 124 Å². The Kier molecular flexibility index (Phi) is 58.4. The number of rotatable bonds is 65. The highest BCUT2D eigenvalue weighted by Gasteiger charge is 2.54. The van der Waals surface area contributed by atoms with Crippen LogP contribution in [0.4, 0.5) is 0 Å². The molecule has 1 amide bonds. The third-order valence-electron chi connectivity index (χ3n) is 20.2. The van der Waals surface area contributed by atoms with Crippen molar-refractivity contribution in [3.8, 4) is 0 Å².